The molecule has 0 amide bonds. The lowest BCUT2D eigenvalue weighted by Gasteiger charge is -2.60. The molecule has 0 heterocycles. The van der Waals surface area contributed by atoms with Crippen LogP contribution in [0.5, 0.6) is 0 Å². The minimum Gasteiger partial charge on any atom is -0.457 e. The number of ether oxygens (including phenoxy) is 2. The maximum atomic E-state index is 13.7. The van der Waals surface area contributed by atoms with Gasteiger partial charge in [-0.1, -0.05) is 33.3 Å². The predicted octanol–water partition coefficient (Wildman–Crippen LogP) is 4.09. The van der Waals surface area contributed by atoms with E-state index in [4.69, 9.17) is 9.47 Å². The number of allylic oxidation sites excluding steroid dienone is 1. The van der Waals surface area contributed by atoms with Gasteiger partial charge in [0.25, 0.3) is 0 Å². The number of carbonyl (C=O) groups is 4. The van der Waals surface area contributed by atoms with Gasteiger partial charge < -0.3 is 14.6 Å². The maximum Gasteiger partial charge on any atom is 0.306 e. The van der Waals surface area contributed by atoms with E-state index in [1.165, 1.54) is 0 Å². The van der Waals surface area contributed by atoms with Gasteiger partial charge in [0.05, 0.1) is 6.10 Å². The van der Waals surface area contributed by atoms with Crippen molar-refractivity contribution in [2.75, 3.05) is 6.61 Å². The van der Waals surface area contributed by atoms with Crippen molar-refractivity contribution in [1.82, 2.24) is 0 Å². The number of Topliss-reactive ketones (excluding diaryl/α,β-unsaturated/α-hetero) is 1. The summed E-state index contributed by atoms with van der Waals surface area (Å²) in [5.41, 5.74) is -1.25. The third-order valence-corrected chi connectivity index (χ3v) is 9.86. The van der Waals surface area contributed by atoms with E-state index in [1.54, 1.807) is 13.0 Å². The number of carbonyl (C=O) groups excluding carboxylic acids is 4. The molecule has 0 unspecified atom stereocenters. The summed E-state index contributed by atoms with van der Waals surface area (Å²) in [5.74, 6) is -0.852. The second kappa shape index (κ2) is 9.45. The molecule has 4 aliphatic rings. The van der Waals surface area contributed by atoms with Crippen molar-refractivity contribution in [3.05, 3.63) is 11.6 Å². The topological polar surface area (TPSA) is 107 Å². The van der Waals surface area contributed by atoms with E-state index in [1.807, 2.05) is 13.8 Å². The van der Waals surface area contributed by atoms with Gasteiger partial charge in [-0.2, -0.15) is 0 Å². The summed E-state index contributed by atoms with van der Waals surface area (Å²) in [6.45, 7) is 7.31. The smallest absolute Gasteiger partial charge is 0.306 e. The van der Waals surface area contributed by atoms with Crippen molar-refractivity contribution in [1.29, 1.82) is 0 Å². The Hall–Kier alpha value is -2.02. The van der Waals surface area contributed by atoms with Gasteiger partial charge in [-0.25, -0.2) is 0 Å². The van der Waals surface area contributed by atoms with E-state index in [2.05, 4.69) is 6.92 Å². The van der Waals surface area contributed by atoms with Crippen LogP contribution < -0.4 is 0 Å². The highest BCUT2D eigenvalue weighted by molar-refractivity contribution is 5.93. The van der Waals surface area contributed by atoms with Crippen molar-refractivity contribution in [2.24, 2.45) is 28.6 Å². The number of hydrogen-bond donors (Lipinski definition) is 1. The summed E-state index contributed by atoms with van der Waals surface area (Å²) in [6, 6.07) is 0. The van der Waals surface area contributed by atoms with Crippen LogP contribution in [0, 0.1) is 28.6 Å². The molecule has 0 aromatic heterocycles. The summed E-state index contributed by atoms with van der Waals surface area (Å²) in [5, 5.41) is 11.6. The minimum absolute atomic E-state index is 0.00355. The van der Waals surface area contributed by atoms with E-state index in [0.29, 0.717) is 32.1 Å². The fraction of sp³-hybridized carbons (Fsp3) is 0.786. The molecule has 7 heteroatoms. The Bertz CT molecular complexity index is 938. The highest BCUT2D eigenvalue weighted by Crippen LogP contribution is 2.68. The molecule has 0 spiro atoms. The Morgan fingerprint density at radius 2 is 1.83 bits per heavy atom. The van der Waals surface area contributed by atoms with Crippen LogP contribution in [0.15, 0.2) is 11.6 Å². The van der Waals surface area contributed by atoms with Crippen LogP contribution in [0.1, 0.15) is 91.9 Å². The van der Waals surface area contributed by atoms with E-state index >= 15 is 0 Å². The van der Waals surface area contributed by atoms with Gasteiger partial charge in [-0.3, -0.25) is 19.2 Å². The molecule has 7 atom stereocenters. The molecule has 4 rings (SSSR count). The first-order valence-electron chi connectivity index (χ1n) is 13.3. The molecule has 0 aliphatic heterocycles. The average molecular weight is 489 g/mol. The summed E-state index contributed by atoms with van der Waals surface area (Å²) in [7, 11) is 0. The molecule has 4 aliphatic carbocycles. The molecule has 0 radical (unpaired) electrons. The van der Waals surface area contributed by atoms with Crippen LogP contribution in [0.4, 0.5) is 0 Å². The molecule has 3 fully saturated rings. The average Bonchev–Trinajstić information content (AvgIpc) is 3.10. The molecule has 1 N–H and O–H groups in total. The van der Waals surface area contributed by atoms with Gasteiger partial charge in [-0.15, -0.1) is 0 Å². The fourth-order valence-corrected chi connectivity index (χ4v) is 8.16. The normalized spacial score (nSPS) is 40.1. The number of ketones is 2. The molecule has 194 valence electrons. The van der Waals surface area contributed by atoms with E-state index in [0.717, 1.165) is 24.8 Å². The van der Waals surface area contributed by atoms with Crippen molar-refractivity contribution in [3.63, 3.8) is 0 Å². The number of rotatable bonds is 7. The number of esters is 2. The Kier molecular flexibility index (Phi) is 7.04. The summed E-state index contributed by atoms with van der Waals surface area (Å²) in [4.78, 5) is 50.4. The van der Waals surface area contributed by atoms with Crippen molar-refractivity contribution in [3.8, 4) is 0 Å². The first-order chi connectivity index (χ1) is 16.5. The van der Waals surface area contributed by atoms with Crippen LogP contribution in [0.3, 0.4) is 0 Å². The minimum atomic E-state index is -1.41. The van der Waals surface area contributed by atoms with Gasteiger partial charge in [0.15, 0.2) is 18.0 Å². The van der Waals surface area contributed by atoms with Gasteiger partial charge >= 0.3 is 11.9 Å². The zero-order valence-electron chi connectivity index (χ0n) is 21.6. The monoisotopic (exact) mass is 488 g/mol. The van der Waals surface area contributed by atoms with Crippen LogP contribution in [0.25, 0.3) is 0 Å². The summed E-state index contributed by atoms with van der Waals surface area (Å²) in [6.07, 6.45) is 6.42. The van der Waals surface area contributed by atoms with Gasteiger partial charge in [0, 0.05) is 24.7 Å². The number of fused-ring (bicyclic) bond motifs is 5. The van der Waals surface area contributed by atoms with Crippen LogP contribution in [-0.2, 0) is 28.7 Å². The Balaban J connectivity index is 1.68. The highest BCUT2D eigenvalue weighted by atomic mass is 16.6. The molecule has 0 aromatic rings. The highest BCUT2D eigenvalue weighted by Gasteiger charge is 2.70. The quantitative estimate of drug-likeness (QED) is 0.538. The van der Waals surface area contributed by atoms with Crippen molar-refractivity contribution >= 4 is 23.5 Å². The maximum absolute atomic E-state index is 13.7. The summed E-state index contributed by atoms with van der Waals surface area (Å²) < 4.78 is 11.3. The SMILES string of the molecule is CCCC(=O)OCC(=O)[C@@]1(OC(=O)CC)CC[C@H]2[C@@H]3CCC4=CC(=O)CC[C@]4(C)[C@H]3[C@H](O)C[C@@]21C. The van der Waals surface area contributed by atoms with E-state index < -0.39 is 35.7 Å². The van der Waals surface area contributed by atoms with Crippen molar-refractivity contribution < 1.29 is 33.8 Å². The zero-order valence-corrected chi connectivity index (χ0v) is 21.6. The van der Waals surface area contributed by atoms with Gasteiger partial charge in [-0.05, 0) is 74.2 Å². The third kappa shape index (κ3) is 4.08. The van der Waals surface area contributed by atoms with E-state index in [-0.39, 0.29) is 47.6 Å². The Morgan fingerprint density at radius 1 is 1.09 bits per heavy atom. The van der Waals surface area contributed by atoms with Crippen LogP contribution in [0.2, 0.25) is 0 Å². The van der Waals surface area contributed by atoms with Gasteiger partial charge in [0.1, 0.15) is 0 Å². The number of hydrogen-bond acceptors (Lipinski definition) is 7. The molecular formula is C28H40O7. The third-order valence-electron chi connectivity index (χ3n) is 9.86. The lowest BCUT2D eigenvalue weighted by Crippen LogP contribution is -2.63. The molecule has 0 aromatic carbocycles. The lowest BCUT2D eigenvalue weighted by atomic mass is 9.45. The Labute approximate surface area is 208 Å². The first kappa shape index (κ1) is 26.1. The zero-order chi connectivity index (χ0) is 25.6. The number of aliphatic hydroxyl groups is 1. The van der Waals surface area contributed by atoms with Crippen molar-refractivity contribution in [2.45, 2.75) is 104 Å². The van der Waals surface area contributed by atoms with Gasteiger partial charge in [0.2, 0.25) is 5.78 Å². The standard InChI is InChI=1S/C28H40O7/c1-5-7-24(33)34-16-22(31)28(35-23(32)6-2)13-11-20-19-9-8-17-14-18(29)10-12-26(17,3)25(19)21(30)15-27(20,28)4/h14,19-21,25,30H,5-13,15-16H2,1-4H3/t19-,20-,21+,25+,26-,27-,28-/m0/s1. The second-order valence-corrected chi connectivity index (χ2v) is 11.6. The molecule has 35 heavy (non-hydrogen) atoms. The lowest BCUT2D eigenvalue weighted by molar-refractivity contribution is -0.202. The Morgan fingerprint density at radius 3 is 2.51 bits per heavy atom. The van der Waals surface area contributed by atoms with Crippen LogP contribution >= 0.6 is 0 Å². The molecule has 7 nitrogen and oxygen atoms in total. The molecule has 3 saturated carbocycles. The largest absolute Gasteiger partial charge is 0.457 e. The molecular weight excluding hydrogens is 448 g/mol. The van der Waals surface area contributed by atoms with Crippen LogP contribution in [-0.4, -0.2) is 46.9 Å². The second-order valence-electron chi connectivity index (χ2n) is 11.6. The number of aliphatic hydroxyl groups excluding tert-OH is 1. The summed E-state index contributed by atoms with van der Waals surface area (Å²) >= 11 is 0. The first-order valence-corrected chi connectivity index (χ1v) is 13.3. The molecule has 0 saturated heterocycles. The van der Waals surface area contributed by atoms with E-state index in [9.17, 15) is 24.3 Å². The molecule has 0 bridgehead atoms. The fourth-order valence-electron chi connectivity index (χ4n) is 8.16. The predicted molar refractivity (Wildman–Crippen MR) is 128 cm³/mol.